The average molecular weight is 275 g/mol. The number of hydrogen-bond donors (Lipinski definition) is 1. The molecular weight excluding hydrogens is 258 g/mol. The molecule has 3 heteroatoms. The van der Waals surface area contributed by atoms with Crippen molar-refractivity contribution in [2.24, 2.45) is 0 Å². The summed E-state index contributed by atoms with van der Waals surface area (Å²) in [5, 5.41) is 4.71. The van der Waals surface area contributed by atoms with Crippen molar-refractivity contribution in [3.63, 3.8) is 0 Å². The molecule has 1 aliphatic rings. The van der Waals surface area contributed by atoms with Gasteiger partial charge >= 0.3 is 0 Å². The number of nitrogens with zero attached hydrogens (tertiary/aromatic N) is 2. The number of nitrogen functional groups attached to an aromatic ring is 1. The van der Waals surface area contributed by atoms with Crippen LogP contribution in [0.2, 0.25) is 0 Å². The van der Waals surface area contributed by atoms with Crippen molar-refractivity contribution in [1.29, 1.82) is 0 Å². The number of benzene rings is 2. The van der Waals surface area contributed by atoms with Crippen molar-refractivity contribution in [2.75, 3.05) is 5.73 Å². The van der Waals surface area contributed by atoms with Gasteiger partial charge in [-0.15, -0.1) is 0 Å². The van der Waals surface area contributed by atoms with Gasteiger partial charge in [-0.1, -0.05) is 48.5 Å². The lowest BCUT2D eigenvalue weighted by Crippen LogP contribution is -2.01. The van der Waals surface area contributed by atoms with E-state index in [9.17, 15) is 0 Å². The van der Waals surface area contributed by atoms with E-state index in [4.69, 9.17) is 10.8 Å². The van der Waals surface area contributed by atoms with Gasteiger partial charge in [0.1, 0.15) is 5.82 Å². The highest BCUT2D eigenvalue weighted by Crippen LogP contribution is 2.54. The number of aromatic nitrogens is 2. The molecule has 1 heterocycles. The maximum absolute atomic E-state index is 6.12. The standard InChI is InChI=1S/C18H17N3/c19-18-12-17(20-21(18)14-9-5-2-6-10-14)16-11-15(16)13-7-3-1-4-8-13/h1-10,12,15-16H,11,19H2. The number of anilines is 1. The molecule has 0 amide bonds. The molecule has 0 spiro atoms. The van der Waals surface area contributed by atoms with Crippen LogP contribution in [0, 0.1) is 0 Å². The summed E-state index contributed by atoms with van der Waals surface area (Å²) in [7, 11) is 0. The fraction of sp³-hybridized carbons (Fsp3) is 0.167. The maximum atomic E-state index is 6.12. The molecule has 2 atom stereocenters. The second kappa shape index (κ2) is 4.77. The van der Waals surface area contributed by atoms with Crippen molar-refractivity contribution in [2.45, 2.75) is 18.3 Å². The van der Waals surface area contributed by atoms with Gasteiger partial charge in [-0.25, -0.2) is 4.68 Å². The zero-order chi connectivity index (χ0) is 14.2. The Bertz CT molecular complexity index is 747. The Kier molecular flexibility index (Phi) is 2.78. The summed E-state index contributed by atoms with van der Waals surface area (Å²) in [6.07, 6.45) is 1.16. The molecule has 1 saturated carbocycles. The molecule has 3 aromatic rings. The number of rotatable bonds is 3. The largest absolute Gasteiger partial charge is 0.384 e. The molecule has 0 aliphatic heterocycles. The Morgan fingerprint density at radius 2 is 1.57 bits per heavy atom. The molecule has 1 aliphatic carbocycles. The van der Waals surface area contributed by atoms with Gasteiger partial charge in [-0.05, 0) is 30.0 Å². The molecule has 104 valence electrons. The average Bonchev–Trinajstić information content (AvgIpc) is 3.25. The van der Waals surface area contributed by atoms with Gasteiger partial charge in [0.15, 0.2) is 0 Å². The minimum absolute atomic E-state index is 0.500. The highest BCUT2D eigenvalue weighted by atomic mass is 15.3. The Balaban J connectivity index is 1.61. The van der Waals surface area contributed by atoms with E-state index in [0.717, 1.165) is 17.8 Å². The molecule has 2 unspecified atom stereocenters. The molecule has 21 heavy (non-hydrogen) atoms. The summed E-state index contributed by atoms with van der Waals surface area (Å²) in [5.41, 5.74) is 9.64. The summed E-state index contributed by atoms with van der Waals surface area (Å²) in [6, 6.07) is 22.7. The first-order chi connectivity index (χ1) is 10.3. The monoisotopic (exact) mass is 275 g/mol. The first kappa shape index (κ1) is 12.2. The van der Waals surface area contributed by atoms with E-state index in [2.05, 4.69) is 30.3 Å². The van der Waals surface area contributed by atoms with Crippen molar-refractivity contribution < 1.29 is 0 Å². The molecule has 0 bridgehead atoms. The van der Waals surface area contributed by atoms with Gasteiger partial charge < -0.3 is 5.73 Å². The highest BCUT2D eigenvalue weighted by molar-refractivity contribution is 5.45. The van der Waals surface area contributed by atoms with E-state index >= 15 is 0 Å². The fourth-order valence-electron chi connectivity index (χ4n) is 2.96. The second-order valence-electron chi connectivity index (χ2n) is 5.60. The van der Waals surface area contributed by atoms with Crippen molar-refractivity contribution in [3.8, 4) is 5.69 Å². The van der Waals surface area contributed by atoms with Crippen LogP contribution >= 0.6 is 0 Å². The van der Waals surface area contributed by atoms with Gasteiger partial charge in [0.2, 0.25) is 0 Å². The summed E-state index contributed by atoms with van der Waals surface area (Å²) < 4.78 is 1.83. The van der Waals surface area contributed by atoms with Gasteiger partial charge in [0.05, 0.1) is 11.4 Å². The van der Waals surface area contributed by atoms with Gasteiger partial charge in [0.25, 0.3) is 0 Å². The van der Waals surface area contributed by atoms with Gasteiger partial charge in [0, 0.05) is 12.0 Å². The molecule has 2 aromatic carbocycles. The SMILES string of the molecule is Nc1cc(C2CC2c2ccccc2)nn1-c1ccccc1. The van der Waals surface area contributed by atoms with Crippen molar-refractivity contribution in [1.82, 2.24) is 9.78 Å². The zero-order valence-electron chi connectivity index (χ0n) is 11.7. The quantitative estimate of drug-likeness (QED) is 0.791. The predicted octanol–water partition coefficient (Wildman–Crippen LogP) is 3.73. The van der Waals surface area contributed by atoms with Crippen LogP contribution < -0.4 is 5.73 Å². The molecular formula is C18H17N3. The first-order valence-corrected chi connectivity index (χ1v) is 7.29. The van der Waals surface area contributed by atoms with E-state index in [-0.39, 0.29) is 0 Å². The van der Waals surface area contributed by atoms with Crippen LogP contribution in [0.5, 0.6) is 0 Å². The molecule has 0 radical (unpaired) electrons. The van der Waals surface area contributed by atoms with Crippen LogP contribution in [-0.4, -0.2) is 9.78 Å². The van der Waals surface area contributed by atoms with Gasteiger partial charge in [-0.2, -0.15) is 5.10 Å². The molecule has 2 N–H and O–H groups in total. The normalized spacial score (nSPS) is 20.4. The maximum Gasteiger partial charge on any atom is 0.127 e. The molecule has 3 nitrogen and oxygen atoms in total. The third-order valence-corrected chi connectivity index (χ3v) is 4.15. The van der Waals surface area contributed by atoms with Crippen LogP contribution in [0.4, 0.5) is 5.82 Å². The summed E-state index contributed by atoms with van der Waals surface area (Å²) in [5.74, 6) is 1.79. The number of nitrogens with two attached hydrogens (primary N) is 1. The lowest BCUT2D eigenvalue weighted by atomic mass is 10.1. The summed E-state index contributed by atoms with van der Waals surface area (Å²) in [4.78, 5) is 0. The number of hydrogen-bond acceptors (Lipinski definition) is 2. The minimum atomic E-state index is 0.500. The third kappa shape index (κ3) is 2.21. The minimum Gasteiger partial charge on any atom is -0.384 e. The fourth-order valence-corrected chi connectivity index (χ4v) is 2.96. The van der Waals surface area contributed by atoms with Crippen LogP contribution in [-0.2, 0) is 0 Å². The van der Waals surface area contributed by atoms with E-state index in [1.54, 1.807) is 0 Å². The van der Waals surface area contributed by atoms with Crippen LogP contribution in [0.1, 0.15) is 29.5 Å². The van der Waals surface area contributed by atoms with Crippen LogP contribution in [0.3, 0.4) is 0 Å². The van der Waals surface area contributed by atoms with Gasteiger partial charge in [-0.3, -0.25) is 0 Å². The van der Waals surface area contributed by atoms with E-state index in [0.29, 0.717) is 17.7 Å². The summed E-state index contributed by atoms with van der Waals surface area (Å²) in [6.45, 7) is 0. The second-order valence-corrected chi connectivity index (χ2v) is 5.60. The summed E-state index contributed by atoms with van der Waals surface area (Å²) >= 11 is 0. The first-order valence-electron chi connectivity index (χ1n) is 7.29. The van der Waals surface area contributed by atoms with Crippen molar-refractivity contribution in [3.05, 3.63) is 78.0 Å². The molecule has 1 fully saturated rings. The van der Waals surface area contributed by atoms with E-state index < -0.39 is 0 Å². The van der Waals surface area contributed by atoms with E-state index in [1.807, 2.05) is 41.1 Å². The zero-order valence-corrected chi connectivity index (χ0v) is 11.7. The highest BCUT2D eigenvalue weighted by Gasteiger charge is 2.41. The Morgan fingerprint density at radius 3 is 2.29 bits per heavy atom. The number of para-hydroxylation sites is 1. The lowest BCUT2D eigenvalue weighted by Gasteiger charge is -2.02. The topological polar surface area (TPSA) is 43.8 Å². The lowest BCUT2D eigenvalue weighted by molar-refractivity contribution is 0.836. The van der Waals surface area contributed by atoms with E-state index in [1.165, 1.54) is 5.56 Å². The predicted molar refractivity (Wildman–Crippen MR) is 84.5 cm³/mol. The molecule has 1 aromatic heterocycles. The molecule has 4 rings (SSSR count). The van der Waals surface area contributed by atoms with Crippen LogP contribution in [0.25, 0.3) is 5.69 Å². The van der Waals surface area contributed by atoms with Crippen molar-refractivity contribution >= 4 is 5.82 Å². The Morgan fingerprint density at radius 1 is 0.905 bits per heavy atom. The Labute approximate surface area is 124 Å². The third-order valence-electron chi connectivity index (χ3n) is 4.15. The van der Waals surface area contributed by atoms with Crippen LogP contribution in [0.15, 0.2) is 66.7 Å². The smallest absolute Gasteiger partial charge is 0.127 e. The molecule has 0 saturated heterocycles. The Hall–Kier alpha value is -2.55.